The van der Waals surface area contributed by atoms with Crippen molar-refractivity contribution in [3.63, 3.8) is 0 Å². The summed E-state index contributed by atoms with van der Waals surface area (Å²) < 4.78 is 5.99. The highest BCUT2D eigenvalue weighted by atomic mass is 16.6. The first-order chi connectivity index (χ1) is 13.3. The summed E-state index contributed by atoms with van der Waals surface area (Å²) in [4.78, 5) is 30.2. The van der Waals surface area contributed by atoms with Gasteiger partial charge in [-0.2, -0.15) is 4.73 Å². The van der Waals surface area contributed by atoms with Crippen molar-refractivity contribution < 1.29 is 19.1 Å². The molecule has 2 aromatic heterocycles. The van der Waals surface area contributed by atoms with E-state index in [0.717, 1.165) is 5.56 Å². The minimum atomic E-state index is -0.604. The number of nitrogens with zero attached hydrogens (tertiary/aromatic N) is 3. The van der Waals surface area contributed by atoms with Gasteiger partial charge in [-0.1, -0.05) is 6.07 Å². The standard InChI is InChI=1S/C20H26N4O4/c1-20(2,3)28-19(26)23(15-16-8-6-10-21-14-16)12-7-11-22-18(25)17-9-4-5-13-24(17)27/h4-6,8-10,13-14H,7,11-12,15H2,1-3H3,(H,22,25). The van der Waals surface area contributed by atoms with Crippen LogP contribution < -0.4 is 10.0 Å². The van der Waals surface area contributed by atoms with Crippen LogP contribution in [0.25, 0.3) is 0 Å². The first-order valence-electron chi connectivity index (χ1n) is 9.09. The van der Waals surface area contributed by atoms with Crippen LogP contribution in [0.15, 0.2) is 48.9 Å². The van der Waals surface area contributed by atoms with E-state index < -0.39 is 17.6 Å². The number of aromatic nitrogens is 2. The molecule has 2 aromatic rings. The Bertz CT molecular complexity index is 790. The normalized spacial score (nSPS) is 11.0. The number of ether oxygens (including phenoxy) is 1. The van der Waals surface area contributed by atoms with Crippen molar-refractivity contribution in [2.24, 2.45) is 0 Å². The Hall–Kier alpha value is -3.16. The molecule has 2 heterocycles. The molecule has 0 saturated carbocycles. The van der Waals surface area contributed by atoms with Gasteiger partial charge in [0.15, 0.2) is 6.20 Å². The molecule has 0 aliphatic carbocycles. The van der Waals surface area contributed by atoms with Crippen LogP contribution in [-0.2, 0) is 11.3 Å². The quantitative estimate of drug-likeness (QED) is 0.447. The van der Waals surface area contributed by atoms with E-state index in [4.69, 9.17) is 4.74 Å². The Morgan fingerprint density at radius 3 is 2.68 bits per heavy atom. The van der Waals surface area contributed by atoms with Gasteiger partial charge in [0, 0.05) is 37.6 Å². The lowest BCUT2D eigenvalue weighted by Gasteiger charge is -2.27. The second-order valence-electron chi connectivity index (χ2n) is 7.28. The van der Waals surface area contributed by atoms with Crippen molar-refractivity contribution in [3.05, 3.63) is 65.4 Å². The molecule has 0 bridgehead atoms. The zero-order valence-electron chi connectivity index (χ0n) is 16.4. The summed E-state index contributed by atoms with van der Waals surface area (Å²) in [6.45, 7) is 6.49. The van der Waals surface area contributed by atoms with Crippen LogP contribution in [0.4, 0.5) is 4.79 Å². The summed E-state index contributed by atoms with van der Waals surface area (Å²) in [7, 11) is 0. The number of amides is 2. The van der Waals surface area contributed by atoms with E-state index in [1.807, 2.05) is 26.8 Å². The number of carbonyl (C=O) groups is 2. The van der Waals surface area contributed by atoms with E-state index in [9.17, 15) is 14.8 Å². The summed E-state index contributed by atoms with van der Waals surface area (Å²) in [5.41, 5.74) is 0.309. The molecule has 0 aliphatic heterocycles. The average Bonchev–Trinajstić information content (AvgIpc) is 2.63. The Balaban J connectivity index is 1.91. The zero-order valence-corrected chi connectivity index (χ0v) is 16.4. The maximum atomic E-state index is 12.5. The predicted molar refractivity (Wildman–Crippen MR) is 103 cm³/mol. The number of hydrogen-bond donors (Lipinski definition) is 1. The van der Waals surface area contributed by atoms with Crippen LogP contribution in [0.1, 0.15) is 43.2 Å². The molecular formula is C20H26N4O4. The summed E-state index contributed by atoms with van der Waals surface area (Å²) >= 11 is 0. The smallest absolute Gasteiger partial charge is 0.410 e. The summed E-state index contributed by atoms with van der Waals surface area (Å²) in [6, 6.07) is 8.33. The summed E-state index contributed by atoms with van der Waals surface area (Å²) in [5, 5.41) is 14.3. The fraction of sp³-hybridized carbons (Fsp3) is 0.400. The third-order valence-corrected chi connectivity index (χ3v) is 3.70. The van der Waals surface area contributed by atoms with Gasteiger partial charge in [-0.05, 0) is 44.9 Å². The molecule has 0 aliphatic rings. The second-order valence-corrected chi connectivity index (χ2v) is 7.28. The zero-order chi connectivity index (χ0) is 20.6. The minimum Gasteiger partial charge on any atom is -0.618 e. The number of hydrogen-bond acceptors (Lipinski definition) is 5. The Labute approximate surface area is 164 Å². The minimum absolute atomic E-state index is 0.0295. The predicted octanol–water partition coefficient (Wildman–Crippen LogP) is 2.27. The van der Waals surface area contributed by atoms with Crippen molar-refractivity contribution in [2.45, 2.75) is 39.3 Å². The van der Waals surface area contributed by atoms with Gasteiger partial charge in [-0.25, -0.2) is 4.79 Å². The first kappa shape index (κ1) is 21.1. The average molecular weight is 386 g/mol. The van der Waals surface area contributed by atoms with Gasteiger partial charge in [0.2, 0.25) is 0 Å². The Kier molecular flexibility index (Phi) is 7.31. The van der Waals surface area contributed by atoms with Crippen molar-refractivity contribution in [3.8, 4) is 0 Å². The van der Waals surface area contributed by atoms with Crippen LogP contribution in [0.5, 0.6) is 0 Å². The van der Waals surface area contributed by atoms with Crippen LogP contribution in [-0.4, -0.2) is 40.6 Å². The molecule has 0 radical (unpaired) electrons. The Morgan fingerprint density at radius 1 is 1.25 bits per heavy atom. The lowest BCUT2D eigenvalue weighted by molar-refractivity contribution is -0.607. The molecule has 0 spiro atoms. The van der Waals surface area contributed by atoms with E-state index in [-0.39, 0.29) is 5.69 Å². The van der Waals surface area contributed by atoms with Gasteiger partial charge in [0.25, 0.3) is 5.69 Å². The Morgan fingerprint density at radius 2 is 2.04 bits per heavy atom. The molecule has 150 valence electrons. The molecular weight excluding hydrogens is 360 g/mol. The summed E-state index contributed by atoms with van der Waals surface area (Å²) in [6.07, 6.45) is 4.72. The van der Waals surface area contributed by atoms with E-state index in [2.05, 4.69) is 10.3 Å². The highest BCUT2D eigenvalue weighted by molar-refractivity contribution is 5.90. The van der Waals surface area contributed by atoms with Crippen LogP contribution >= 0.6 is 0 Å². The van der Waals surface area contributed by atoms with Crippen LogP contribution in [0, 0.1) is 5.21 Å². The molecule has 0 unspecified atom stereocenters. The molecule has 1 N–H and O–H groups in total. The topological polar surface area (TPSA) is 98.5 Å². The number of rotatable bonds is 7. The molecule has 0 atom stereocenters. The van der Waals surface area contributed by atoms with E-state index in [0.29, 0.717) is 30.8 Å². The van der Waals surface area contributed by atoms with Crippen LogP contribution in [0.3, 0.4) is 0 Å². The molecule has 8 nitrogen and oxygen atoms in total. The molecule has 0 aromatic carbocycles. The van der Waals surface area contributed by atoms with Crippen molar-refractivity contribution >= 4 is 12.0 Å². The number of carbonyl (C=O) groups excluding carboxylic acids is 2. The van der Waals surface area contributed by atoms with Crippen LogP contribution in [0.2, 0.25) is 0 Å². The molecule has 0 saturated heterocycles. The van der Waals surface area contributed by atoms with Gasteiger partial charge in [-0.3, -0.25) is 9.78 Å². The highest BCUT2D eigenvalue weighted by Gasteiger charge is 2.22. The number of nitrogens with one attached hydrogen (secondary N) is 1. The van der Waals surface area contributed by atoms with E-state index in [1.54, 1.807) is 35.5 Å². The monoisotopic (exact) mass is 386 g/mol. The molecule has 0 fully saturated rings. The lowest BCUT2D eigenvalue weighted by Crippen LogP contribution is -2.40. The molecule has 8 heteroatoms. The van der Waals surface area contributed by atoms with E-state index in [1.165, 1.54) is 12.3 Å². The van der Waals surface area contributed by atoms with Crippen molar-refractivity contribution in [1.29, 1.82) is 0 Å². The van der Waals surface area contributed by atoms with Gasteiger partial charge in [-0.15, -0.1) is 0 Å². The first-order valence-corrected chi connectivity index (χ1v) is 9.09. The third kappa shape index (κ3) is 6.86. The fourth-order valence-electron chi connectivity index (χ4n) is 2.44. The lowest BCUT2D eigenvalue weighted by atomic mass is 10.2. The van der Waals surface area contributed by atoms with Gasteiger partial charge < -0.3 is 20.2 Å². The highest BCUT2D eigenvalue weighted by Crippen LogP contribution is 2.12. The second kappa shape index (κ2) is 9.68. The molecule has 28 heavy (non-hydrogen) atoms. The SMILES string of the molecule is CC(C)(C)OC(=O)N(CCCNC(=O)c1cccc[n+]1[O-])Cc1cccnc1. The molecule has 2 amide bonds. The summed E-state index contributed by atoms with van der Waals surface area (Å²) in [5.74, 6) is -0.452. The van der Waals surface area contributed by atoms with Gasteiger partial charge in [0.05, 0.1) is 6.54 Å². The van der Waals surface area contributed by atoms with Gasteiger partial charge in [0.1, 0.15) is 5.60 Å². The third-order valence-electron chi connectivity index (χ3n) is 3.70. The largest absolute Gasteiger partial charge is 0.618 e. The fourth-order valence-corrected chi connectivity index (χ4v) is 2.44. The van der Waals surface area contributed by atoms with Gasteiger partial charge >= 0.3 is 12.0 Å². The maximum Gasteiger partial charge on any atom is 0.410 e. The maximum absolute atomic E-state index is 12.5. The molecule has 2 rings (SSSR count). The number of pyridine rings is 2. The van der Waals surface area contributed by atoms with Crippen molar-refractivity contribution in [1.82, 2.24) is 15.2 Å². The van der Waals surface area contributed by atoms with Crippen molar-refractivity contribution in [2.75, 3.05) is 13.1 Å². The van der Waals surface area contributed by atoms with E-state index >= 15 is 0 Å².